The van der Waals surface area contributed by atoms with Crippen molar-refractivity contribution >= 4 is 5.69 Å². The van der Waals surface area contributed by atoms with Gasteiger partial charge in [0.25, 0.3) is 5.69 Å². The Kier molecular flexibility index (Phi) is 4.17. The number of hydrogen-bond acceptors (Lipinski definition) is 4. The van der Waals surface area contributed by atoms with Gasteiger partial charge in [-0.05, 0) is 32.7 Å². The predicted octanol–water partition coefficient (Wildman–Crippen LogP) is 2.33. The maximum atomic E-state index is 11.0. The zero-order chi connectivity index (χ0) is 13.9. The Morgan fingerprint density at radius 1 is 1.37 bits per heavy atom. The van der Waals surface area contributed by atoms with E-state index < -0.39 is 5.60 Å². The molecule has 0 bridgehead atoms. The summed E-state index contributed by atoms with van der Waals surface area (Å²) in [5.74, 6) is 0. The van der Waals surface area contributed by atoms with Gasteiger partial charge in [-0.15, -0.1) is 0 Å². The maximum Gasteiger partial charge on any atom is 0.273 e. The first-order valence-corrected chi connectivity index (χ1v) is 6.65. The lowest BCUT2D eigenvalue weighted by atomic mass is 9.98. The molecule has 1 heterocycles. The van der Waals surface area contributed by atoms with Crippen molar-refractivity contribution in [3.63, 3.8) is 0 Å². The molecule has 1 aliphatic heterocycles. The zero-order valence-corrected chi connectivity index (χ0v) is 11.2. The SMILES string of the molecule is CC1(O)CCCN(Cc2ccccc2[N+](=O)[O-])CC1. The third-order valence-corrected chi connectivity index (χ3v) is 3.74. The van der Waals surface area contributed by atoms with Gasteiger partial charge in [-0.25, -0.2) is 0 Å². The highest BCUT2D eigenvalue weighted by molar-refractivity contribution is 5.39. The van der Waals surface area contributed by atoms with E-state index in [0.29, 0.717) is 13.0 Å². The molecule has 0 saturated carbocycles. The highest BCUT2D eigenvalue weighted by atomic mass is 16.6. The molecular formula is C14H20N2O3. The highest BCUT2D eigenvalue weighted by Crippen LogP contribution is 2.24. The van der Waals surface area contributed by atoms with Gasteiger partial charge in [0.05, 0.1) is 10.5 Å². The molecule has 1 aliphatic rings. The van der Waals surface area contributed by atoms with E-state index in [1.165, 1.54) is 0 Å². The predicted molar refractivity (Wildman–Crippen MR) is 72.8 cm³/mol. The van der Waals surface area contributed by atoms with Gasteiger partial charge < -0.3 is 5.11 Å². The van der Waals surface area contributed by atoms with Gasteiger partial charge in [0.1, 0.15) is 0 Å². The molecule has 0 amide bonds. The van der Waals surface area contributed by atoms with Crippen molar-refractivity contribution in [1.82, 2.24) is 4.90 Å². The largest absolute Gasteiger partial charge is 0.390 e. The molecule has 0 aromatic heterocycles. The lowest BCUT2D eigenvalue weighted by Gasteiger charge is -2.22. The van der Waals surface area contributed by atoms with Gasteiger partial charge in [-0.2, -0.15) is 0 Å². The average molecular weight is 264 g/mol. The van der Waals surface area contributed by atoms with Crippen LogP contribution in [0.5, 0.6) is 0 Å². The van der Waals surface area contributed by atoms with Crippen molar-refractivity contribution in [2.24, 2.45) is 0 Å². The molecule has 1 aromatic rings. The van der Waals surface area contributed by atoms with Crippen LogP contribution in [0.2, 0.25) is 0 Å². The van der Waals surface area contributed by atoms with Gasteiger partial charge in [0, 0.05) is 24.7 Å². The van der Waals surface area contributed by atoms with Crippen LogP contribution in [-0.2, 0) is 6.54 Å². The zero-order valence-electron chi connectivity index (χ0n) is 11.2. The van der Waals surface area contributed by atoms with Crippen molar-refractivity contribution in [2.75, 3.05) is 13.1 Å². The summed E-state index contributed by atoms with van der Waals surface area (Å²) in [6, 6.07) is 6.87. The summed E-state index contributed by atoms with van der Waals surface area (Å²) in [5.41, 5.74) is 0.324. The Balaban J connectivity index is 2.07. The van der Waals surface area contributed by atoms with Gasteiger partial charge >= 0.3 is 0 Å². The van der Waals surface area contributed by atoms with Crippen LogP contribution in [0.4, 0.5) is 5.69 Å². The molecule has 19 heavy (non-hydrogen) atoms. The number of rotatable bonds is 3. The van der Waals surface area contributed by atoms with Crippen molar-refractivity contribution < 1.29 is 10.0 Å². The molecule has 1 fully saturated rings. The number of nitro groups is 1. The van der Waals surface area contributed by atoms with Crippen molar-refractivity contribution in [1.29, 1.82) is 0 Å². The molecule has 0 aliphatic carbocycles. The lowest BCUT2D eigenvalue weighted by Crippen LogP contribution is -2.28. The second kappa shape index (κ2) is 5.67. The molecule has 1 unspecified atom stereocenters. The number of para-hydroxylation sites is 1. The summed E-state index contributed by atoms with van der Waals surface area (Å²) in [6.45, 7) is 4.09. The fourth-order valence-electron chi connectivity index (χ4n) is 2.54. The maximum absolute atomic E-state index is 11.0. The van der Waals surface area contributed by atoms with Gasteiger partial charge in [-0.3, -0.25) is 15.0 Å². The Labute approximate surface area is 113 Å². The number of benzene rings is 1. The molecule has 0 radical (unpaired) electrons. The first-order valence-electron chi connectivity index (χ1n) is 6.65. The third-order valence-electron chi connectivity index (χ3n) is 3.74. The molecule has 5 heteroatoms. The fraction of sp³-hybridized carbons (Fsp3) is 0.571. The highest BCUT2D eigenvalue weighted by Gasteiger charge is 2.25. The van der Waals surface area contributed by atoms with E-state index in [-0.39, 0.29) is 10.6 Å². The molecule has 2 rings (SSSR count). The van der Waals surface area contributed by atoms with Crippen LogP contribution in [0.25, 0.3) is 0 Å². The topological polar surface area (TPSA) is 66.6 Å². The fourth-order valence-corrected chi connectivity index (χ4v) is 2.54. The van der Waals surface area contributed by atoms with Gasteiger partial charge in [0.2, 0.25) is 0 Å². The summed E-state index contributed by atoms with van der Waals surface area (Å²) in [7, 11) is 0. The Bertz CT molecular complexity index is 460. The van der Waals surface area contributed by atoms with E-state index in [0.717, 1.165) is 31.5 Å². The summed E-state index contributed by atoms with van der Waals surface area (Å²) < 4.78 is 0. The number of nitrogens with zero attached hydrogens (tertiary/aromatic N) is 2. The van der Waals surface area contributed by atoms with E-state index in [1.54, 1.807) is 18.2 Å². The lowest BCUT2D eigenvalue weighted by molar-refractivity contribution is -0.385. The average Bonchev–Trinajstić information content (AvgIpc) is 2.51. The summed E-state index contributed by atoms with van der Waals surface area (Å²) in [5, 5.41) is 21.0. The number of likely N-dealkylation sites (tertiary alicyclic amines) is 1. The quantitative estimate of drug-likeness (QED) is 0.672. The standard InChI is InChI=1S/C14H20N2O3/c1-14(17)7-4-9-15(10-8-14)11-12-5-2-3-6-13(12)16(18)19/h2-3,5-6,17H,4,7-11H2,1H3. The second-order valence-electron chi connectivity index (χ2n) is 5.51. The van der Waals surface area contributed by atoms with Crippen molar-refractivity contribution in [3.05, 3.63) is 39.9 Å². The molecule has 0 spiro atoms. The van der Waals surface area contributed by atoms with Crippen LogP contribution in [0, 0.1) is 10.1 Å². The normalized spacial score (nSPS) is 24.9. The number of nitro benzene ring substituents is 1. The Morgan fingerprint density at radius 3 is 2.84 bits per heavy atom. The Hall–Kier alpha value is -1.46. The summed E-state index contributed by atoms with van der Waals surface area (Å²) in [4.78, 5) is 12.8. The molecular weight excluding hydrogens is 244 g/mol. The van der Waals surface area contributed by atoms with Crippen LogP contribution >= 0.6 is 0 Å². The monoisotopic (exact) mass is 264 g/mol. The van der Waals surface area contributed by atoms with E-state index >= 15 is 0 Å². The first kappa shape index (κ1) is 14.0. The number of aliphatic hydroxyl groups is 1. The third kappa shape index (κ3) is 3.75. The molecule has 1 aromatic carbocycles. The first-order chi connectivity index (χ1) is 8.98. The van der Waals surface area contributed by atoms with Crippen LogP contribution < -0.4 is 0 Å². The molecule has 1 N–H and O–H groups in total. The van der Waals surface area contributed by atoms with E-state index in [9.17, 15) is 15.2 Å². The van der Waals surface area contributed by atoms with Crippen molar-refractivity contribution in [3.8, 4) is 0 Å². The molecule has 104 valence electrons. The van der Waals surface area contributed by atoms with Crippen molar-refractivity contribution in [2.45, 2.75) is 38.3 Å². The summed E-state index contributed by atoms with van der Waals surface area (Å²) in [6.07, 6.45) is 2.43. The Morgan fingerprint density at radius 2 is 2.11 bits per heavy atom. The minimum atomic E-state index is -0.600. The molecule has 1 saturated heterocycles. The van der Waals surface area contributed by atoms with Crippen LogP contribution in [0.3, 0.4) is 0 Å². The van der Waals surface area contributed by atoms with E-state index in [4.69, 9.17) is 0 Å². The minimum absolute atomic E-state index is 0.179. The van der Waals surface area contributed by atoms with Crippen LogP contribution in [0.1, 0.15) is 31.7 Å². The smallest absolute Gasteiger partial charge is 0.273 e. The second-order valence-corrected chi connectivity index (χ2v) is 5.51. The van der Waals surface area contributed by atoms with Gasteiger partial charge in [-0.1, -0.05) is 18.2 Å². The molecule has 5 nitrogen and oxygen atoms in total. The summed E-state index contributed by atoms with van der Waals surface area (Å²) >= 11 is 0. The van der Waals surface area contributed by atoms with E-state index in [2.05, 4.69) is 4.90 Å². The number of hydrogen-bond donors (Lipinski definition) is 1. The van der Waals surface area contributed by atoms with Crippen LogP contribution in [0.15, 0.2) is 24.3 Å². The van der Waals surface area contributed by atoms with E-state index in [1.807, 2.05) is 13.0 Å². The molecule has 1 atom stereocenters. The van der Waals surface area contributed by atoms with Crippen LogP contribution in [-0.4, -0.2) is 33.6 Å². The van der Waals surface area contributed by atoms with Gasteiger partial charge in [0.15, 0.2) is 0 Å². The minimum Gasteiger partial charge on any atom is -0.390 e.